The molecular weight excluding hydrogens is 324 g/mol. The fourth-order valence-electron chi connectivity index (χ4n) is 3.05. The molecule has 1 amide bonds. The van der Waals surface area contributed by atoms with Crippen molar-refractivity contribution in [3.63, 3.8) is 0 Å². The lowest BCUT2D eigenvalue weighted by atomic mass is 10.1. The molecule has 126 valence electrons. The van der Waals surface area contributed by atoms with Gasteiger partial charge in [-0.2, -0.15) is 0 Å². The third-order valence-electron chi connectivity index (χ3n) is 4.33. The van der Waals surface area contributed by atoms with Crippen LogP contribution in [0.4, 0.5) is 0 Å². The highest BCUT2D eigenvalue weighted by atomic mass is 32.2. The number of benzene rings is 1. The molecule has 1 aromatic carbocycles. The van der Waals surface area contributed by atoms with Gasteiger partial charge < -0.3 is 4.90 Å². The Morgan fingerprint density at radius 1 is 1.21 bits per heavy atom. The molecule has 0 saturated carbocycles. The monoisotopic (exact) mass is 344 g/mol. The van der Waals surface area contributed by atoms with Crippen molar-refractivity contribution in [1.29, 1.82) is 0 Å². The van der Waals surface area contributed by atoms with Crippen LogP contribution in [0.3, 0.4) is 0 Å². The Labute approximate surface area is 142 Å². The number of amides is 1. The van der Waals surface area contributed by atoms with Crippen LogP contribution in [-0.4, -0.2) is 48.3 Å². The maximum absolute atomic E-state index is 12.7. The number of carbonyl (C=O) groups excluding carboxylic acids is 1. The van der Waals surface area contributed by atoms with E-state index in [4.69, 9.17) is 0 Å². The van der Waals surface area contributed by atoms with E-state index in [1.165, 1.54) is 0 Å². The number of aromatic nitrogens is 1. The summed E-state index contributed by atoms with van der Waals surface area (Å²) in [7, 11) is -3.02. The third kappa shape index (κ3) is 3.48. The van der Waals surface area contributed by atoms with Crippen molar-refractivity contribution >= 4 is 15.7 Å². The predicted molar refractivity (Wildman–Crippen MR) is 93.4 cm³/mol. The summed E-state index contributed by atoms with van der Waals surface area (Å²) in [6, 6.07) is 13.1. The van der Waals surface area contributed by atoms with E-state index in [-0.39, 0.29) is 23.5 Å². The Balaban J connectivity index is 1.79. The first-order valence-corrected chi connectivity index (χ1v) is 9.85. The number of pyridine rings is 1. The number of nitrogens with zero attached hydrogens (tertiary/aromatic N) is 2. The third-order valence-corrected chi connectivity index (χ3v) is 6.08. The molecule has 1 saturated heterocycles. The van der Waals surface area contributed by atoms with Gasteiger partial charge in [0.05, 0.1) is 22.8 Å². The summed E-state index contributed by atoms with van der Waals surface area (Å²) >= 11 is 0. The van der Waals surface area contributed by atoms with E-state index >= 15 is 0 Å². The van der Waals surface area contributed by atoms with Crippen LogP contribution in [-0.2, 0) is 9.84 Å². The fraction of sp³-hybridized carbons (Fsp3) is 0.333. The van der Waals surface area contributed by atoms with E-state index in [2.05, 4.69) is 4.98 Å². The molecule has 0 radical (unpaired) electrons. The number of sulfone groups is 1. The molecule has 2 heterocycles. The molecular formula is C18H20N2O3S. The summed E-state index contributed by atoms with van der Waals surface area (Å²) in [5.74, 6) is 0.0566. The van der Waals surface area contributed by atoms with Gasteiger partial charge >= 0.3 is 0 Å². The van der Waals surface area contributed by atoms with Crippen molar-refractivity contribution in [2.24, 2.45) is 0 Å². The van der Waals surface area contributed by atoms with Gasteiger partial charge in [-0.1, -0.05) is 30.3 Å². The van der Waals surface area contributed by atoms with Gasteiger partial charge in [0, 0.05) is 24.3 Å². The van der Waals surface area contributed by atoms with Crippen LogP contribution in [0.2, 0.25) is 0 Å². The molecule has 1 aliphatic heterocycles. The van der Waals surface area contributed by atoms with Crippen LogP contribution < -0.4 is 0 Å². The van der Waals surface area contributed by atoms with Crippen molar-refractivity contribution in [3.8, 4) is 11.3 Å². The zero-order valence-corrected chi connectivity index (χ0v) is 14.4. The molecule has 0 spiro atoms. The van der Waals surface area contributed by atoms with E-state index in [9.17, 15) is 13.2 Å². The highest BCUT2D eigenvalue weighted by molar-refractivity contribution is 7.91. The van der Waals surface area contributed by atoms with Crippen molar-refractivity contribution in [3.05, 3.63) is 54.2 Å². The Morgan fingerprint density at radius 3 is 2.50 bits per heavy atom. The average Bonchev–Trinajstić information content (AvgIpc) is 2.96. The molecule has 6 heteroatoms. The molecule has 1 atom stereocenters. The molecule has 1 fully saturated rings. The van der Waals surface area contributed by atoms with Crippen LogP contribution in [0.5, 0.6) is 0 Å². The van der Waals surface area contributed by atoms with E-state index in [0.29, 0.717) is 18.5 Å². The molecule has 3 rings (SSSR count). The molecule has 0 bridgehead atoms. The van der Waals surface area contributed by atoms with Crippen molar-refractivity contribution in [2.75, 3.05) is 18.1 Å². The van der Waals surface area contributed by atoms with Gasteiger partial charge in [0.15, 0.2) is 9.84 Å². The summed E-state index contributed by atoms with van der Waals surface area (Å²) in [6.07, 6.45) is 2.08. The lowest BCUT2D eigenvalue weighted by Gasteiger charge is -2.26. The van der Waals surface area contributed by atoms with E-state index in [1.807, 2.05) is 43.3 Å². The number of hydrogen-bond acceptors (Lipinski definition) is 4. The lowest BCUT2D eigenvalue weighted by molar-refractivity contribution is 0.0708. The van der Waals surface area contributed by atoms with Crippen LogP contribution in [0.25, 0.3) is 11.3 Å². The summed E-state index contributed by atoms with van der Waals surface area (Å²) < 4.78 is 23.3. The minimum absolute atomic E-state index is 0.0576. The van der Waals surface area contributed by atoms with Gasteiger partial charge in [0.25, 0.3) is 5.91 Å². The number of carbonyl (C=O) groups is 1. The lowest BCUT2D eigenvalue weighted by Crippen LogP contribution is -2.41. The molecule has 2 aromatic rings. The Hall–Kier alpha value is -2.21. The highest BCUT2D eigenvalue weighted by Gasteiger charge is 2.34. The maximum atomic E-state index is 12.7. The highest BCUT2D eigenvalue weighted by Crippen LogP contribution is 2.21. The number of rotatable bonds is 4. The van der Waals surface area contributed by atoms with Crippen molar-refractivity contribution in [1.82, 2.24) is 9.88 Å². The zero-order valence-electron chi connectivity index (χ0n) is 13.6. The normalized spacial score (nSPS) is 19.1. The predicted octanol–water partition coefficient (Wildman–Crippen LogP) is 2.40. The first-order chi connectivity index (χ1) is 11.5. The molecule has 1 aliphatic rings. The summed E-state index contributed by atoms with van der Waals surface area (Å²) in [4.78, 5) is 18.7. The largest absolute Gasteiger partial charge is 0.335 e. The second kappa shape index (κ2) is 6.73. The van der Waals surface area contributed by atoms with Crippen molar-refractivity contribution in [2.45, 2.75) is 19.4 Å². The quantitative estimate of drug-likeness (QED) is 0.854. The Bertz CT molecular complexity index is 817. The van der Waals surface area contributed by atoms with E-state index < -0.39 is 9.84 Å². The van der Waals surface area contributed by atoms with Crippen LogP contribution in [0, 0.1) is 0 Å². The first-order valence-electron chi connectivity index (χ1n) is 8.03. The van der Waals surface area contributed by atoms with E-state index in [1.54, 1.807) is 17.2 Å². The topological polar surface area (TPSA) is 67.3 Å². The van der Waals surface area contributed by atoms with E-state index in [0.717, 1.165) is 11.3 Å². The maximum Gasteiger partial charge on any atom is 0.255 e. The zero-order chi connectivity index (χ0) is 17.2. The molecule has 5 nitrogen and oxygen atoms in total. The van der Waals surface area contributed by atoms with Gasteiger partial charge in [0.2, 0.25) is 0 Å². The van der Waals surface area contributed by atoms with Gasteiger partial charge in [-0.3, -0.25) is 9.78 Å². The SMILES string of the molecule is CCN(C(=O)c1ccc(-c2ccccc2)nc1)C1CCS(=O)(=O)C1. The summed E-state index contributed by atoms with van der Waals surface area (Å²) in [5, 5.41) is 0. The van der Waals surface area contributed by atoms with Gasteiger partial charge in [-0.15, -0.1) is 0 Å². The molecule has 1 unspecified atom stereocenters. The van der Waals surface area contributed by atoms with Gasteiger partial charge in [-0.05, 0) is 25.5 Å². The molecule has 1 aromatic heterocycles. The van der Waals surface area contributed by atoms with Crippen LogP contribution in [0.15, 0.2) is 48.7 Å². The molecule has 0 aliphatic carbocycles. The standard InChI is InChI=1S/C18H20N2O3S/c1-2-20(16-10-11-24(22,23)13-16)18(21)15-8-9-17(19-12-15)14-6-4-3-5-7-14/h3-9,12,16H,2,10-11,13H2,1H3. The minimum atomic E-state index is -3.02. The van der Waals surface area contributed by atoms with Crippen molar-refractivity contribution < 1.29 is 13.2 Å². The Kier molecular flexibility index (Phi) is 4.66. The van der Waals surface area contributed by atoms with Gasteiger partial charge in [0.1, 0.15) is 0 Å². The van der Waals surface area contributed by atoms with Crippen LogP contribution >= 0.6 is 0 Å². The summed E-state index contributed by atoms with van der Waals surface area (Å²) in [6.45, 7) is 2.36. The molecule has 0 N–H and O–H groups in total. The Morgan fingerprint density at radius 2 is 1.96 bits per heavy atom. The smallest absolute Gasteiger partial charge is 0.255 e. The average molecular weight is 344 g/mol. The number of hydrogen-bond donors (Lipinski definition) is 0. The van der Waals surface area contributed by atoms with Gasteiger partial charge in [-0.25, -0.2) is 8.42 Å². The second-order valence-corrected chi connectivity index (χ2v) is 8.17. The summed E-state index contributed by atoms with van der Waals surface area (Å²) in [5.41, 5.74) is 2.28. The van der Waals surface area contributed by atoms with Crippen LogP contribution in [0.1, 0.15) is 23.7 Å². The first kappa shape index (κ1) is 16.6. The second-order valence-electron chi connectivity index (χ2n) is 5.95. The fourth-order valence-corrected chi connectivity index (χ4v) is 4.79. The molecule has 24 heavy (non-hydrogen) atoms. The minimum Gasteiger partial charge on any atom is -0.335 e.